The number of aromatic nitrogens is 2. The van der Waals surface area contributed by atoms with E-state index in [2.05, 4.69) is 16.1 Å². The molecule has 1 aromatic rings. The number of thioether (sulfide) groups is 1. The molecule has 5 heteroatoms. The average molecular weight is 265 g/mol. The minimum absolute atomic E-state index is 0.337. The van der Waals surface area contributed by atoms with E-state index in [-0.39, 0.29) is 6.04 Å². The van der Waals surface area contributed by atoms with Crippen molar-refractivity contribution in [2.45, 2.75) is 55.6 Å². The highest BCUT2D eigenvalue weighted by Gasteiger charge is 2.17. The molecule has 4 nitrogen and oxygen atoms in total. The van der Waals surface area contributed by atoms with Crippen LogP contribution in [0.2, 0.25) is 0 Å². The molecule has 1 aliphatic carbocycles. The quantitative estimate of drug-likeness (QED) is 0.829. The second kappa shape index (κ2) is 6.81. The lowest BCUT2D eigenvalue weighted by Gasteiger charge is -2.19. The summed E-state index contributed by atoms with van der Waals surface area (Å²) in [6.45, 7) is 0. The number of hydrogen-bond acceptors (Lipinski definition) is 5. The van der Waals surface area contributed by atoms with E-state index in [4.69, 9.17) is 16.7 Å². The smallest absolute Gasteiger partial charge is 0.244 e. The molecule has 0 saturated heterocycles. The third-order valence-electron chi connectivity index (χ3n) is 3.14. The van der Waals surface area contributed by atoms with E-state index in [1.807, 2.05) is 11.8 Å². The van der Waals surface area contributed by atoms with Crippen LogP contribution in [0.5, 0.6) is 0 Å². The third kappa shape index (κ3) is 3.76. The van der Waals surface area contributed by atoms with Gasteiger partial charge in [0.15, 0.2) is 5.82 Å². The third-order valence-corrected chi connectivity index (χ3v) is 4.51. The molecule has 1 aliphatic rings. The number of nitrogens with two attached hydrogens (primary N) is 1. The lowest BCUT2D eigenvalue weighted by molar-refractivity contribution is 0.353. The zero-order valence-corrected chi connectivity index (χ0v) is 11.3. The van der Waals surface area contributed by atoms with Crippen molar-refractivity contribution in [1.29, 1.82) is 0 Å². The van der Waals surface area contributed by atoms with Gasteiger partial charge in [-0.3, -0.25) is 0 Å². The van der Waals surface area contributed by atoms with Crippen molar-refractivity contribution >= 4 is 11.8 Å². The summed E-state index contributed by atoms with van der Waals surface area (Å²) in [4.78, 5) is 4.29. The van der Waals surface area contributed by atoms with Crippen LogP contribution in [0.3, 0.4) is 0 Å². The first-order chi connectivity index (χ1) is 8.79. The zero-order valence-electron chi connectivity index (χ0n) is 10.5. The van der Waals surface area contributed by atoms with Crippen molar-refractivity contribution < 1.29 is 4.52 Å². The highest BCUT2D eigenvalue weighted by Crippen LogP contribution is 2.30. The van der Waals surface area contributed by atoms with Gasteiger partial charge in [-0.25, -0.2) is 0 Å². The van der Waals surface area contributed by atoms with Crippen molar-refractivity contribution in [2.24, 2.45) is 5.73 Å². The molecule has 0 aliphatic heterocycles. The number of terminal acetylenes is 1. The summed E-state index contributed by atoms with van der Waals surface area (Å²) in [5.41, 5.74) is 5.81. The van der Waals surface area contributed by atoms with Gasteiger partial charge in [0.05, 0.1) is 11.8 Å². The molecule has 98 valence electrons. The molecule has 1 fully saturated rings. The largest absolute Gasteiger partial charge is 0.338 e. The fraction of sp³-hybridized carbons (Fsp3) is 0.692. The van der Waals surface area contributed by atoms with Crippen LogP contribution in [-0.2, 0) is 5.75 Å². The van der Waals surface area contributed by atoms with Gasteiger partial charge in [-0.05, 0) is 12.8 Å². The standard InChI is InChI=1S/C13H19N3OS/c1-2-6-11(14)13-15-12(16-17-13)9-18-10-7-4-3-5-8-10/h1,10-11H,3-9,14H2. The fourth-order valence-electron chi connectivity index (χ4n) is 2.12. The van der Waals surface area contributed by atoms with Gasteiger partial charge in [0.2, 0.25) is 5.89 Å². The summed E-state index contributed by atoms with van der Waals surface area (Å²) in [6, 6.07) is -0.337. The van der Waals surface area contributed by atoms with E-state index in [9.17, 15) is 0 Å². The van der Waals surface area contributed by atoms with Crippen LogP contribution in [0.4, 0.5) is 0 Å². The Morgan fingerprint density at radius 2 is 2.22 bits per heavy atom. The molecule has 0 bridgehead atoms. The van der Waals surface area contributed by atoms with Crippen LogP contribution in [0.1, 0.15) is 56.3 Å². The number of nitrogens with zero attached hydrogens (tertiary/aromatic N) is 2. The average Bonchev–Trinajstić information content (AvgIpc) is 2.87. The molecule has 0 aromatic carbocycles. The van der Waals surface area contributed by atoms with Crippen LogP contribution in [0.15, 0.2) is 4.52 Å². The molecule has 1 heterocycles. The highest BCUT2D eigenvalue weighted by atomic mass is 32.2. The Hall–Kier alpha value is -0.990. The maximum Gasteiger partial charge on any atom is 0.244 e. The van der Waals surface area contributed by atoms with Crippen molar-refractivity contribution in [3.05, 3.63) is 11.7 Å². The predicted molar refractivity (Wildman–Crippen MR) is 72.8 cm³/mol. The molecule has 1 atom stereocenters. The van der Waals surface area contributed by atoms with Crippen LogP contribution in [-0.4, -0.2) is 15.4 Å². The van der Waals surface area contributed by atoms with Gasteiger partial charge in [-0.15, -0.1) is 12.3 Å². The zero-order chi connectivity index (χ0) is 12.8. The lowest BCUT2D eigenvalue weighted by atomic mass is 10.0. The first kappa shape index (κ1) is 13.4. The van der Waals surface area contributed by atoms with Crippen molar-refractivity contribution in [2.75, 3.05) is 0 Å². The minimum Gasteiger partial charge on any atom is -0.338 e. The lowest BCUT2D eigenvalue weighted by Crippen LogP contribution is -2.10. The summed E-state index contributed by atoms with van der Waals surface area (Å²) in [5.74, 6) is 4.48. The van der Waals surface area contributed by atoms with Gasteiger partial charge < -0.3 is 10.3 Å². The van der Waals surface area contributed by atoms with E-state index in [1.54, 1.807) is 0 Å². The number of rotatable bonds is 5. The van der Waals surface area contributed by atoms with Crippen LogP contribution in [0.25, 0.3) is 0 Å². The summed E-state index contributed by atoms with van der Waals surface area (Å²) in [5, 5.41) is 4.70. The van der Waals surface area contributed by atoms with Crippen LogP contribution >= 0.6 is 11.8 Å². The van der Waals surface area contributed by atoms with Crippen LogP contribution in [0, 0.1) is 12.3 Å². The minimum atomic E-state index is -0.337. The molecule has 18 heavy (non-hydrogen) atoms. The fourth-order valence-corrected chi connectivity index (χ4v) is 3.28. The second-order valence-electron chi connectivity index (χ2n) is 4.63. The van der Waals surface area contributed by atoms with Crippen molar-refractivity contribution in [3.8, 4) is 12.3 Å². The molecule has 0 spiro atoms. The maximum atomic E-state index is 5.81. The Kier molecular flexibility index (Phi) is 5.09. The van der Waals surface area contributed by atoms with Crippen molar-refractivity contribution in [1.82, 2.24) is 10.1 Å². The summed E-state index contributed by atoms with van der Waals surface area (Å²) >= 11 is 1.92. The molecule has 2 rings (SSSR count). The Morgan fingerprint density at radius 1 is 1.44 bits per heavy atom. The Morgan fingerprint density at radius 3 is 2.94 bits per heavy atom. The Labute approximate surface area is 112 Å². The van der Waals surface area contributed by atoms with Gasteiger partial charge >= 0.3 is 0 Å². The van der Waals surface area contributed by atoms with Gasteiger partial charge in [0, 0.05) is 11.7 Å². The highest BCUT2D eigenvalue weighted by molar-refractivity contribution is 7.99. The van der Waals surface area contributed by atoms with Gasteiger partial charge in [0.1, 0.15) is 0 Å². The Balaban J connectivity index is 1.81. The molecule has 1 unspecified atom stereocenters. The molecular weight excluding hydrogens is 246 g/mol. The topological polar surface area (TPSA) is 64.9 Å². The van der Waals surface area contributed by atoms with Gasteiger partial charge in [0.25, 0.3) is 0 Å². The summed E-state index contributed by atoms with van der Waals surface area (Å²) < 4.78 is 5.12. The summed E-state index contributed by atoms with van der Waals surface area (Å²) in [7, 11) is 0. The van der Waals surface area contributed by atoms with E-state index in [1.165, 1.54) is 32.1 Å². The van der Waals surface area contributed by atoms with Crippen molar-refractivity contribution in [3.63, 3.8) is 0 Å². The van der Waals surface area contributed by atoms with Gasteiger partial charge in [-0.1, -0.05) is 24.4 Å². The van der Waals surface area contributed by atoms with E-state index in [0.717, 1.165) is 16.8 Å². The predicted octanol–water partition coefficient (Wildman–Crippen LogP) is 2.66. The maximum absolute atomic E-state index is 5.81. The molecule has 1 aromatic heterocycles. The molecule has 2 N–H and O–H groups in total. The van der Waals surface area contributed by atoms with Gasteiger partial charge in [-0.2, -0.15) is 16.7 Å². The molecule has 0 amide bonds. The molecule has 1 saturated carbocycles. The molecule has 0 radical (unpaired) electrons. The first-order valence-corrected chi connectivity index (χ1v) is 7.47. The summed E-state index contributed by atoms with van der Waals surface area (Å²) in [6.07, 6.45) is 12.3. The first-order valence-electron chi connectivity index (χ1n) is 6.42. The SMILES string of the molecule is C#CCC(N)c1nc(CSC2CCCCC2)no1. The number of hydrogen-bond donors (Lipinski definition) is 1. The second-order valence-corrected chi connectivity index (χ2v) is 5.92. The Bertz CT molecular complexity index is 407. The normalized spacial score (nSPS) is 18.4. The molecular formula is C13H19N3OS. The monoisotopic (exact) mass is 265 g/mol. The van der Waals surface area contributed by atoms with E-state index < -0.39 is 0 Å². The van der Waals surface area contributed by atoms with E-state index in [0.29, 0.717) is 12.3 Å². The van der Waals surface area contributed by atoms with E-state index >= 15 is 0 Å². The van der Waals surface area contributed by atoms with Crippen LogP contribution < -0.4 is 5.73 Å².